The molecule has 2 aliphatic heterocycles. The van der Waals surface area contributed by atoms with Crippen molar-refractivity contribution in [3.05, 3.63) is 12.0 Å². The Morgan fingerprint density at radius 2 is 2.20 bits per heavy atom. The van der Waals surface area contributed by atoms with Gasteiger partial charge in [0.1, 0.15) is 5.69 Å². The van der Waals surface area contributed by atoms with Crippen LogP contribution in [0, 0.1) is 0 Å². The van der Waals surface area contributed by atoms with Crippen LogP contribution in [0.3, 0.4) is 0 Å². The summed E-state index contributed by atoms with van der Waals surface area (Å²) in [5.74, 6) is 2.15. The number of hydrogen-bond acceptors (Lipinski definition) is 4. The standard InChI is InChI=1S/C10H15N5/c1-7-4-15-6-14(3)9-8(10(15)12-7)13(2)5-11-9/h5,7H,4,6H2,1-3H3/t7-/m1/s1. The van der Waals surface area contributed by atoms with Crippen molar-refractivity contribution in [2.45, 2.75) is 13.0 Å². The maximum Gasteiger partial charge on any atom is 0.159 e. The first kappa shape index (κ1) is 8.76. The molecule has 2 aliphatic rings. The first-order valence-electron chi connectivity index (χ1n) is 5.22. The van der Waals surface area contributed by atoms with Crippen molar-refractivity contribution in [1.29, 1.82) is 0 Å². The van der Waals surface area contributed by atoms with Crippen LogP contribution in [-0.2, 0) is 7.05 Å². The largest absolute Gasteiger partial charge is 0.340 e. The molecule has 0 radical (unpaired) electrons. The van der Waals surface area contributed by atoms with Gasteiger partial charge in [-0.1, -0.05) is 0 Å². The van der Waals surface area contributed by atoms with Gasteiger partial charge in [0.25, 0.3) is 0 Å². The molecule has 0 aromatic carbocycles. The van der Waals surface area contributed by atoms with Crippen molar-refractivity contribution in [1.82, 2.24) is 14.5 Å². The molecule has 15 heavy (non-hydrogen) atoms. The fraction of sp³-hybridized carbons (Fsp3) is 0.600. The highest BCUT2D eigenvalue weighted by Crippen LogP contribution is 2.27. The molecule has 1 atom stereocenters. The molecule has 5 nitrogen and oxygen atoms in total. The summed E-state index contributed by atoms with van der Waals surface area (Å²) in [5.41, 5.74) is 1.15. The number of amidine groups is 1. The Hall–Kier alpha value is -1.52. The number of nitrogens with zero attached hydrogens (tertiary/aromatic N) is 5. The van der Waals surface area contributed by atoms with E-state index in [2.05, 4.69) is 38.3 Å². The highest BCUT2D eigenvalue weighted by Gasteiger charge is 2.33. The Morgan fingerprint density at radius 1 is 1.40 bits per heavy atom. The lowest BCUT2D eigenvalue weighted by molar-refractivity contribution is 0.424. The Kier molecular flexibility index (Phi) is 1.60. The number of fused-ring (bicyclic) bond motifs is 3. The van der Waals surface area contributed by atoms with Crippen LogP contribution in [0.2, 0.25) is 0 Å². The van der Waals surface area contributed by atoms with Gasteiger partial charge in [-0.05, 0) is 6.92 Å². The van der Waals surface area contributed by atoms with Crippen LogP contribution in [0.1, 0.15) is 12.6 Å². The highest BCUT2D eigenvalue weighted by atomic mass is 15.4. The number of anilines is 1. The zero-order valence-electron chi connectivity index (χ0n) is 9.30. The minimum absolute atomic E-state index is 0.397. The minimum Gasteiger partial charge on any atom is -0.340 e. The molecule has 0 N–H and O–H groups in total. The van der Waals surface area contributed by atoms with E-state index in [0.29, 0.717) is 6.04 Å². The number of imidazole rings is 1. The second-order valence-electron chi connectivity index (χ2n) is 4.39. The summed E-state index contributed by atoms with van der Waals surface area (Å²) in [7, 11) is 4.10. The van der Waals surface area contributed by atoms with Gasteiger partial charge in [-0.3, -0.25) is 4.99 Å². The molecule has 80 valence electrons. The Balaban J connectivity index is 2.17. The van der Waals surface area contributed by atoms with Crippen LogP contribution in [0.5, 0.6) is 0 Å². The van der Waals surface area contributed by atoms with E-state index in [1.807, 2.05) is 13.4 Å². The summed E-state index contributed by atoms with van der Waals surface area (Å²) in [6.45, 7) is 4.07. The quantitative estimate of drug-likeness (QED) is 0.610. The van der Waals surface area contributed by atoms with Crippen LogP contribution < -0.4 is 4.90 Å². The fourth-order valence-corrected chi connectivity index (χ4v) is 2.35. The summed E-state index contributed by atoms with van der Waals surface area (Å²) in [6.07, 6.45) is 1.86. The lowest BCUT2D eigenvalue weighted by Crippen LogP contribution is -2.44. The van der Waals surface area contributed by atoms with Crippen molar-refractivity contribution in [2.24, 2.45) is 12.0 Å². The lowest BCUT2D eigenvalue weighted by atomic mass is 10.3. The second kappa shape index (κ2) is 2.74. The van der Waals surface area contributed by atoms with Crippen molar-refractivity contribution in [2.75, 3.05) is 25.2 Å². The number of aromatic nitrogens is 2. The summed E-state index contributed by atoms with van der Waals surface area (Å²) in [6, 6.07) is 0.397. The van der Waals surface area contributed by atoms with E-state index in [1.165, 1.54) is 0 Å². The molecule has 0 bridgehead atoms. The van der Waals surface area contributed by atoms with Gasteiger partial charge in [0.05, 0.1) is 19.0 Å². The van der Waals surface area contributed by atoms with Gasteiger partial charge < -0.3 is 14.4 Å². The minimum atomic E-state index is 0.397. The molecular formula is C10H15N5. The van der Waals surface area contributed by atoms with Gasteiger partial charge in [0.2, 0.25) is 0 Å². The van der Waals surface area contributed by atoms with E-state index in [0.717, 1.165) is 30.6 Å². The lowest BCUT2D eigenvalue weighted by Gasteiger charge is -2.32. The number of aryl methyl sites for hydroxylation is 1. The van der Waals surface area contributed by atoms with Crippen LogP contribution in [0.15, 0.2) is 11.3 Å². The topological polar surface area (TPSA) is 36.7 Å². The summed E-state index contributed by atoms with van der Waals surface area (Å²) >= 11 is 0. The molecule has 0 saturated heterocycles. The predicted molar refractivity (Wildman–Crippen MR) is 59.2 cm³/mol. The number of rotatable bonds is 0. The highest BCUT2D eigenvalue weighted by molar-refractivity contribution is 6.04. The summed E-state index contributed by atoms with van der Waals surface area (Å²) in [4.78, 5) is 13.6. The van der Waals surface area contributed by atoms with Gasteiger partial charge in [-0.25, -0.2) is 4.98 Å². The third kappa shape index (κ3) is 1.09. The van der Waals surface area contributed by atoms with Crippen molar-refractivity contribution < 1.29 is 0 Å². The molecule has 5 heteroatoms. The third-order valence-electron chi connectivity index (χ3n) is 3.00. The SMILES string of the molecule is C[C@@H]1CN2CN(C)c3ncn(C)c3C2=N1. The first-order valence-corrected chi connectivity index (χ1v) is 5.22. The summed E-state index contributed by atoms with van der Waals surface area (Å²) < 4.78 is 2.05. The molecule has 0 amide bonds. The van der Waals surface area contributed by atoms with E-state index in [1.54, 1.807) is 0 Å². The molecule has 1 aromatic heterocycles. The van der Waals surface area contributed by atoms with Gasteiger partial charge in [0, 0.05) is 20.6 Å². The maximum absolute atomic E-state index is 4.67. The third-order valence-corrected chi connectivity index (χ3v) is 3.00. The van der Waals surface area contributed by atoms with Crippen LogP contribution >= 0.6 is 0 Å². The van der Waals surface area contributed by atoms with Crippen LogP contribution in [-0.4, -0.2) is 46.6 Å². The molecule has 1 aromatic rings. The average molecular weight is 205 g/mol. The Labute approximate surface area is 89.0 Å². The van der Waals surface area contributed by atoms with E-state index in [9.17, 15) is 0 Å². The van der Waals surface area contributed by atoms with E-state index < -0.39 is 0 Å². The van der Waals surface area contributed by atoms with E-state index >= 15 is 0 Å². The molecule has 0 aliphatic carbocycles. The smallest absolute Gasteiger partial charge is 0.159 e. The zero-order chi connectivity index (χ0) is 10.6. The number of aliphatic imine (C=N–C) groups is 1. The Morgan fingerprint density at radius 3 is 3.00 bits per heavy atom. The molecule has 0 fully saturated rings. The van der Waals surface area contributed by atoms with Gasteiger partial charge in [0.15, 0.2) is 11.7 Å². The first-order chi connectivity index (χ1) is 7.16. The molecular weight excluding hydrogens is 190 g/mol. The van der Waals surface area contributed by atoms with Crippen molar-refractivity contribution >= 4 is 11.7 Å². The van der Waals surface area contributed by atoms with Crippen molar-refractivity contribution in [3.63, 3.8) is 0 Å². The van der Waals surface area contributed by atoms with Crippen LogP contribution in [0.25, 0.3) is 0 Å². The zero-order valence-corrected chi connectivity index (χ0v) is 9.30. The predicted octanol–water partition coefficient (Wildman–Crippen LogP) is 0.278. The fourth-order valence-electron chi connectivity index (χ4n) is 2.35. The number of hydrogen-bond donors (Lipinski definition) is 0. The van der Waals surface area contributed by atoms with Gasteiger partial charge in [-0.15, -0.1) is 0 Å². The molecule has 3 heterocycles. The maximum atomic E-state index is 4.67. The average Bonchev–Trinajstić information content (AvgIpc) is 2.69. The van der Waals surface area contributed by atoms with Crippen LogP contribution in [0.4, 0.5) is 5.82 Å². The van der Waals surface area contributed by atoms with Gasteiger partial charge >= 0.3 is 0 Å². The van der Waals surface area contributed by atoms with Crippen molar-refractivity contribution in [3.8, 4) is 0 Å². The molecule has 0 spiro atoms. The van der Waals surface area contributed by atoms with Gasteiger partial charge in [-0.2, -0.15) is 0 Å². The monoisotopic (exact) mass is 205 g/mol. The molecule has 0 saturated carbocycles. The Bertz CT molecular complexity index is 433. The normalized spacial score (nSPS) is 23.9. The van der Waals surface area contributed by atoms with E-state index in [4.69, 9.17) is 0 Å². The summed E-state index contributed by atoms with van der Waals surface area (Å²) in [5, 5.41) is 0. The molecule has 0 unspecified atom stereocenters. The second-order valence-corrected chi connectivity index (χ2v) is 4.39. The van der Waals surface area contributed by atoms with E-state index in [-0.39, 0.29) is 0 Å². The molecule has 3 rings (SSSR count).